The topological polar surface area (TPSA) is 78.9 Å². The van der Waals surface area contributed by atoms with Gasteiger partial charge in [0, 0.05) is 0 Å². The Balaban J connectivity index is 2.28. The lowest BCUT2D eigenvalue weighted by Gasteiger charge is -2.14. The smallest absolute Gasteiger partial charge is 0.266 e. The number of hydrogen-bond acceptors (Lipinski definition) is 7. The summed E-state index contributed by atoms with van der Waals surface area (Å²) in [4.78, 5) is 24.1. The van der Waals surface area contributed by atoms with Gasteiger partial charge in [0.25, 0.3) is 5.91 Å². The minimum atomic E-state index is -1.36. The molecule has 1 heterocycles. The highest BCUT2D eigenvalue weighted by molar-refractivity contribution is 8.26. The molecule has 0 radical (unpaired) electrons. The van der Waals surface area contributed by atoms with Crippen molar-refractivity contribution in [3.8, 4) is 11.5 Å². The van der Waals surface area contributed by atoms with Gasteiger partial charge in [-0.15, -0.1) is 0 Å². The van der Waals surface area contributed by atoms with Crippen LogP contribution in [0.3, 0.4) is 0 Å². The SMILES string of the molecule is COc1ccc(/C=C2\SC(=S)N(CC(=O)[O-])C2=O)cc1OC. The number of methoxy groups -OCH3 is 2. The number of hydrogen-bond donors (Lipinski definition) is 0. The van der Waals surface area contributed by atoms with E-state index in [2.05, 4.69) is 0 Å². The number of rotatable bonds is 5. The van der Waals surface area contributed by atoms with E-state index in [1.54, 1.807) is 24.3 Å². The summed E-state index contributed by atoms with van der Waals surface area (Å²) in [6, 6.07) is 5.18. The van der Waals surface area contributed by atoms with Gasteiger partial charge in [0.05, 0.1) is 31.6 Å². The fourth-order valence-corrected chi connectivity index (χ4v) is 3.11. The Morgan fingerprint density at radius 2 is 2.05 bits per heavy atom. The number of amides is 1. The second-order valence-corrected chi connectivity index (χ2v) is 5.93. The van der Waals surface area contributed by atoms with Gasteiger partial charge in [0.15, 0.2) is 11.5 Å². The number of thioether (sulfide) groups is 1. The molecule has 2 rings (SSSR count). The lowest BCUT2D eigenvalue weighted by Crippen LogP contribution is -2.40. The minimum absolute atomic E-state index is 0.195. The third-order valence-corrected chi connectivity index (χ3v) is 4.24. The molecule has 1 aliphatic heterocycles. The first-order chi connectivity index (χ1) is 10.5. The van der Waals surface area contributed by atoms with Crippen molar-refractivity contribution in [2.24, 2.45) is 0 Å². The number of ether oxygens (including phenoxy) is 2. The molecule has 116 valence electrons. The molecule has 1 saturated heterocycles. The lowest BCUT2D eigenvalue weighted by atomic mass is 10.2. The van der Waals surface area contributed by atoms with E-state index in [4.69, 9.17) is 21.7 Å². The van der Waals surface area contributed by atoms with Crippen molar-refractivity contribution in [1.82, 2.24) is 4.90 Å². The summed E-state index contributed by atoms with van der Waals surface area (Å²) in [6.45, 7) is -0.548. The van der Waals surface area contributed by atoms with E-state index < -0.39 is 18.4 Å². The zero-order chi connectivity index (χ0) is 16.3. The summed E-state index contributed by atoms with van der Waals surface area (Å²) in [6.07, 6.45) is 1.62. The standard InChI is InChI=1S/C14H13NO5S2/c1-19-9-4-3-8(5-10(9)20-2)6-11-13(18)15(7-12(16)17)14(21)22-11/h3-6H,7H2,1-2H3,(H,16,17)/p-1/b11-6-. The van der Waals surface area contributed by atoms with Crippen molar-refractivity contribution in [2.45, 2.75) is 0 Å². The maximum Gasteiger partial charge on any atom is 0.266 e. The molecule has 8 heteroatoms. The highest BCUT2D eigenvalue weighted by Gasteiger charge is 2.31. The molecule has 1 aromatic rings. The Bertz CT molecular complexity index is 671. The normalized spacial score (nSPS) is 16.3. The number of carbonyl (C=O) groups excluding carboxylic acids is 2. The van der Waals surface area contributed by atoms with Crippen LogP contribution in [0.2, 0.25) is 0 Å². The van der Waals surface area contributed by atoms with Crippen molar-refractivity contribution in [1.29, 1.82) is 0 Å². The van der Waals surface area contributed by atoms with Crippen molar-refractivity contribution < 1.29 is 24.2 Å². The van der Waals surface area contributed by atoms with E-state index in [0.717, 1.165) is 16.7 Å². The van der Waals surface area contributed by atoms with E-state index >= 15 is 0 Å². The summed E-state index contributed by atoms with van der Waals surface area (Å²) in [5.74, 6) is -0.705. The second kappa shape index (κ2) is 6.80. The molecule has 0 N–H and O–H groups in total. The van der Waals surface area contributed by atoms with E-state index in [1.807, 2.05) is 0 Å². The molecule has 6 nitrogen and oxygen atoms in total. The highest BCUT2D eigenvalue weighted by Crippen LogP contribution is 2.34. The Labute approximate surface area is 136 Å². The van der Waals surface area contributed by atoms with Gasteiger partial charge in [-0.2, -0.15) is 0 Å². The lowest BCUT2D eigenvalue weighted by molar-refractivity contribution is -0.305. The van der Waals surface area contributed by atoms with Gasteiger partial charge in [0.2, 0.25) is 0 Å². The van der Waals surface area contributed by atoms with E-state index in [0.29, 0.717) is 22.0 Å². The number of benzene rings is 1. The van der Waals surface area contributed by atoms with Gasteiger partial charge in [-0.3, -0.25) is 9.69 Å². The number of thiocarbonyl (C=S) groups is 1. The zero-order valence-electron chi connectivity index (χ0n) is 11.8. The predicted molar refractivity (Wildman–Crippen MR) is 84.4 cm³/mol. The first-order valence-electron chi connectivity index (χ1n) is 6.13. The molecule has 1 fully saturated rings. The van der Waals surface area contributed by atoms with E-state index in [-0.39, 0.29) is 4.32 Å². The van der Waals surface area contributed by atoms with Crippen LogP contribution in [0.1, 0.15) is 5.56 Å². The molecule has 1 amide bonds. The van der Waals surface area contributed by atoms with Crippen LogP contribution in [0.25, 0.3) is 6.08 Å². The van der Waals surface area contributed by atoms with E-state index in [1.165, 1.54) is 14.2 Å². The zero-order valence-corrected chi connectivity index (χ0v) is 13.5. The average molecular weight is 338 g/mol. The van der Waals surface area contributed by atoms with Crippen molar-refractivity contribution in [2.75, 3.05) is 20.8 Å². The molecule has 0 aliphatic carbocycles. The van der Waals surface area contributed by atoms with Crippen LogP contribution >= 0.6 is 24.0 Å². The van der Waals surface area contributed by atoms with Crippen LogP contribution in [-0.4, -0.2) is 41.9 Å². The summed E-state index contributed by atoms with van der Waals surface area (Å²) >= 11 is 6.06. The minimum Gasteiger partial charge on any atom is -0.548 e. The van der Waals surface area contributed by atoms with Crippen LogP contribution in [0.5, 0.6) is 11.5 Å². The quantitative estimate of drug-likeness (QED) is 0.576. The monoisotopic (exact) mass is 338 g/mol. The van der Waals surface area contributed by atoms with E-state index in [9.17, 15) is 14.7 Å². The molecule has 0 unspecified atom stereocenters. The average Bonchev–Trinajstić information content (AvgIpc) is 2.74. The Hall–Kier alpha value is -2.06. The maximum atomic E-state index is 12.1. The Kier molecular flexibility index (Phi) is 5.04. The number of carboxylic acids is 1. The second-order valence-electron chi connectivity index (χ2n) is 4.25. The molecule has 1 aromatic carbocycles. The largest absolute Gasteiger partial charge is 0.548 e. The first kappa shape index (κ1) is 16.3. The Morgan fingerprint density at radius 3 is 2.64 bits per heavy atom. The van der Waals surface area contributed by atoms with Crippen molar-refractivity contribution in [3.05, 3.63) is 28.7 Å². The molecule has 0 atom stereocenters. The fourth-order valence-electron chi connectivity index (χ4n) is 1.86. The summed E-state index contributed by atoms with van der Waals surface area (Å²) in [7, 11) is 3.05. The predicted octanol–water partition coefficient (Wildman–Crippen LogP) is 0.655. The van der Waals surface area contributed by atoms with Gasteiger partial charge in [-0.25, -0.2) is 0 Å². The van der Waals surface area contributed by atoms with Crippen LogP contribution in [0, 0.1) is 0 Å². The van der Waals surface area contributed by atoms with Gasteiger partial charge in [-0.05, 0) is 23.8 Å². The summed E-state index contributed by atoms with van der Waals surface area (Å²) in [5, 5.41) is 10.6. The fraction of sp³-hybridized carbons (Fsp3) is 0.214. The molecule has 0 bridgehead atoms. The molecule has 0 saturated carbocycles. The van der Waals surface area contributed by atoms with Crippen LogP contribution < -0.4 is 14.6 Å². The van der Waals surface area contributed by atoms with Crippen LogP contribution in [-0.2, 0) is 9.59 Å². The number of carboxylic acid groups (broad SMARTS) is 1. The van der Waals surface area contributed by atoms with Gasteiger partial charge >= 0.3 is 0 Å². The summed E-state index contributed by atoms with van der Waals surface area (Å²) in [5.41, 5.74) is 0.714. The van der Waals surface area contributed by atoms with Gasteiger partial charge in [0.1, 0.15) is 4.32 Å². The molecule has 1 aliphatic rings. The van der Waals surface area contributed by atoms with Crippen molar-refractivity contribution in [3.63, 3.8) is 0 Å². The number of aliphatic carboxylic acids is 1. The van der Waals surface area contributed by atoms with Gasteiger partial charge < -0.3 is 19.4 Å². The number of carbonyl (C=O) groups is 2. The third kappa shape index (κ3) is 3.40. The van der Waals surface area contributed by atoms with Crippen LogP contribution in [0.4, 0.5) is 0 Å². The molecular formula is C14H12NO5S2-. The molecule has 0 spiro atoms. The molecule has 22 heavy (non-hydrogen) atoms. The van der Waals surface area contributed by atoms with Crippen LogP contribution in [0.15, 0.2) is 23.1 Å². The first-order valence-corrected chi connectivity index (χ1v) is 7.36. The number of nitrogens with zero attached hydrogens (tertiary/aromatic N) is 1. The summed E-state index contributed by atoms with van der Waals surface area (Å²) < 4.78 is 10.5. The van der Waals surface area contributed by atoms with Crippen molar-refractivity contribution >= 4 is 46.3 Å². The Morgan fingerprint density at radius 1 is 1.36 bits per heavy atom. The van der Waals surface area contributed by atoms with Gasteiger partial charge in [-0.1, -0.05) is 30.0 Å². The maximum absolute atomic E-state index is 12.1. The highest BCUT2D eigenvalue weighted by atomic mass is 32.2. The third-order valence-electron chi connectivity index (χ3n) is 2.87. The molecule has 0 aromatic heterocycles. The molecular weight excluding hydrogens is 326 g/mol.